The average Bonchev–Trinajstić information content (AvgIpc) is 2.19. The molecule has 3 heteroatoms. The van der Waals surface area contributed by atoms with Gasteiger partial charge < -0.3 is 4.74 Å². The highest BCUT2D eigenvalue weighted by Gasteiger charge is 2.19. The van der Waals surface area contributed by atoms with Crippen LogP contribution in [0.5, 0.6) is 0 Å². The van der Waals surface area contributed by atoms with Gasteiger partial charge in [0.05, 0.1) is 12.6 Å². The van der Waals surface area contributed by atoms with Crippen molar-refractivity contribution in [3.8, 4) is 0 Å². The molecule has 1 aliphatic heterocycles. The van der Waals surface area contributed by atoms with Crippen molar-refractivity contribution in [2.75, 3.05) is 26.7 Å². The Kier molecular flexibility index (Phi) is 5.12. The second-order valence-electron chi connectivity index (χ2n) is 4.00. The zero-order valence-electron chi connectivity index (χ0n) is 9.29. The topological polar surface area (TPSA) is 29.5 Å². The Balaban J connectivity index is 2.18. The van der Waals surface area contributed by atoms with E-state index in [2.05, 4.69) is 11.8 Å². The van der Waals surface area contributed by atoms with Crippen LogP contribution in [-0.4, -0.2) is 43.5 Å². The van der Waals surface area contributed by atoms with Gasteiger partial charge in [-0.1, -0.05) is 6.92 Å². The van der Waals surface area contributed by atoms with E-state index in [-0.39, 0.29) is 0 Å². The van der Waals surface area contributed by atoms with Gasteiger partial charge in [-0.2, -0.15) is 0 Å². The lowest BCUT2D eigenvalue weighted by atomic mass is 10.1. The monoisotopic (exact) mass is 199 g/mol. The number of Topliss-reactive ketones (excluding diaryl/α,β-unsaturated/α-hetero) is 1. The third kappa shape index (κ3) is 3.76. The van der Waals surface area contributed by atoms with Gasteiger partial charge in [0, 0.05) is 26.6 Å². The van der Waals surface area contributed by atoms with Gasteiger partial charge in [0.15, 0.2) is 0 Å². The minimum Gasteiger partial charge on any atom is -0.381 e. The van der Waals surface area contributed by atoms with Gasteiger partial charge in [0.2, 0.25) is 0 Å². The Morgan fingerprint density at radius 3 is 2.57 bits per heavy atom. The van der Waals surface area contributed by atoms with E-state index >= 15 is 0 Å². The van der Waals surface area contributed by atoms with Crippen LogP contribution in [0.4, 0.5) is 0 Å². The van der Waals surface area contributed by atoms with Crippen LogP contribution in [0.2, 0.25) is 0 Å². The molecule has 1 heterocycles. The van der Waals surface area contributed by atoms with Crippen molar-refractivity contribution in [1.82, 2.24) is 4.90 Å². The minimum absolute atomic E-state index is 0.378. The smallest absolute Gasteiger partial charge is 0.146 e. The number of nitrogens with zero attached hydrogens (tertiary/aromatic N) is 1. The average molecular weight is 199 g/mol. The maximum Gasteiger partial charge on any atom is 0.146 e. The van der Waals surface area contributed by atoms with Crippen LogP contribution in [0.3, 0.4) is 0 Å². The number of carbonyl (C=O) groups excluding carboxylic acids is 1. The highest BCUT2D eigenvalue weighted by atomic mass is 16.5. The van der Waals surface area contributed by atoms with Crippen molar-refractivity contribution < 1.29 is 9.53 Å². The summed E-state index contributed by atoms with van der Waals surface area (Å²) in [6.45, 7) is 4.71. The van der Waals surface area contributed by atoms with Crippen molar-refractivity contribution >= 4 is 5.78 Å². The molecule has 0 amide bonds. The number of methoxy groups -OCH3 is 1. The third-order valence-electron chi connectivity index (χ3n) is 2.80. The Hall–Kier alpha value is -0.410. The molecule has 0 saturated carbocycles. The van der Waals surface area contributed by atoms with Gasteiger partial charge in [-0.3, -0.25) is 9.69 Å². The van der Waals surface area contributed by atoms with Gasteiger partial charge >= 0.3 is 0 Å². The zero-order valence-corrected chi connectivity index (χ0v) is 9.29. The normalized spacial score (nSPS) is 19.9. The van der Waals surface area contributed by atoms with Crippen molar-refractivity contribution in [1.29, 1.82) is 0 Å². The van der Waals surface area contributed by atoms with E-state index in [4.69, 9.17) is 4.74 Å². The summed E-state index contributed by atoms with van der Waals surface area (Å²) in [4.78, 5) is 13.6. The van der Waals surface area contributed by atoms with Crippen LogP contribution in [0.25, 0.3) is 0 Å². The Labute approximate surface area is 86.4 Å². The number of likely N-dealkylation sites (tertiary alicyclic amines) is 1. The summed E-state index contributed by atoms with van der Waals surface area (Å²) in [6.07, 6.45) is 4.23. The summed E-state index contributed by atoms with van der Waals surface area (Å²) < 4.78 is 5.28. The number of ether oxygens (including phenoxy) is 1. The number of hydrogen-bond acceptors (Lipinski definition) is 3. The van der Waals surface area contributed by atoms with Crippen LogP contribution in [-0.2, 0) is 9.53 Å². The third-order valence-corrected chi connectivity index (χ3v) is 2.80. The summed E-state index contributed by atoms with van der Waals surface area (Å²) in [5, 5.41) is 0. The van der Waals surface area contributed by atoms with Crippen LogP contribution >= 0.6 is 0 Å². The first-order chi connectivity index (χ1) is 6.76. The van der Waals surface area contributed by atoms with E-state index in [1.54, 1.807) is 7.11 Å². The number of rotatable bonds is 5. The molecule has 0 aliphatic carbocycles. The predicted octanol–water partition coefficient (Wildman–Crippen LogP) is 1.47. The van der Waals surface area contributed by atoms with Crippen LogP contribution in [0.15, 0.2) is 0 Å². The molecule has 0 radical (unpaired) electrons. The molecule has 82 valence electrons. The van der Waals surface area contributed by atoms with Crippen LogP contribution in [0.1, 0.15) is 32.6 Å². The quantitative estimate of drug-likeness (QED) is 0.671. The second-order valence-corrected chi connectivity index (χ2v) is 4.00. The number of piperidine rings is 1. The molecule has 0 N–H and O–H groups in total. The van der Waals surface area contributed by atoms with E-state index in [1.165, 1.54) is 0 Å². The number of ketones is 1. The van der Waals surface area contributed by atoms with E-state index in [9.17, 15) is 4.79 Å². The summed E-state index contributed by atoms with van der Waals surface area (Å²) in [6, 6.07) is 0. The highest BCUT2D eigenvalue weighted by molar-refractivity contribution is 5.80. The molecule has 0 atom stereocenters. The van der Waals surface area contributed by atoms with Gasteiger partial charge in [-0.15, -0.1) is 0 Å². The molecule has 0 unspecified atom stereocenters. The first kappa shape index (κ1) is 11.7. The lowest BCUT2D eigenvalue weighted by Crippen LogP contribution is -2.39. The minimum atomic E-state index is 0.378. The molecule has 0 spiro atoms. The molecular weight excluding hydrogens is 178 g/mol. The molecule has 0 bridgehead atoms. The first-order valence-electron chi connectivity index (χ1n) is 5.53. The second kappa shape index (κ2) is 6.14. The molecule has 0 aromatic carbocycles. The fourth-order valence-electron chi connectivity index (χ4n) is 1.91. The van der Waals surface area contributed by atoms with Crippen molar-refractivity contribution in [2.24, 2.45) is 0 Å². The Morgan fingerprint density at radius 1 is 1.43 bits per heavy atom. The molecule has 1 saturated heterocycles. The SMILES string of the molecule is CCCC(=O)CN1CCC(OC)CC1. The maximum absolute atomic E-state index is 11.4. The standard InChI is InChI=1S/C11H21NO2/c1-3-4-10(13)9-12-7-5-11(14-2)6-8-12/h11H,3-9H2,1-2H3. The van der Waals surface area contributed by atoms with Gasteiger partial charge in [-0.05, 0) is 19.3 Å². The summed E-state index contributed by atoms with van der Waals surface area (Å²) in [7, 11) is 1.77. The molecular formula is C11H21NO2. The molecule has 1 fully saturated rings. The van der Waals surface area contributed by atoms with Gasteiger partial charge in [-0.25, -0.2) is 0 Å². The van der Waals surface area contributed by atoms with E-state index in [0.717, 1.165) is 38.8 Å². The maximum atomic E-state index is 11.4. The Morgan fingerprint density at radius 2 is 2.07 bits per heavy atom. The summed E-state index contributed by atoms with van der Waals surface area (Å²) >= 11 is 0. The lowest BCUT2D eigenvalue weighted by molar-refractivity contribution is -0.120. The van der Waals surface area contributed by atoms with Crippen LogP contribution < -0.4 is 0 Å². The van der Waals surface area contributed by atoms with E-state index in [0.29, 0.717) is 18.4 Å². The lowest BCUT2D eigenvalue weighted by Gasteiger charge is -2.30. The van der Waals surface area contributed by atoms with Crippen molar-refractivity contribution in [3.63, 3.8) is 0 Å². The molecule has 1 rings (SSSR count). The Bertz CT molecular complexity index is 174. The molecule has 0 aromatic rings. The fraction of sp³-hybridized carbons (Fsp3) is 0.909. The predicted molar refractivity (Wildman–Crippen MR) is 56.4 cm³/mol. The molecule has 14 heavy (non-hydrogen) atoms. The van der Waals surface area contributed by atoms with Crippen LogP contribution in [0, 0.1) is 0 Å². The van der Waals surface area contributed by atoms with Gasteiger partial charge in [0.25, 0.3) is 0 Å². The summed E-state index contributed by atoms with van der Waals surface area (Å²) in [5.74, 6) is 0.378. The highest BCUT2D eigenvalue weighted by Crippen LogP contribution is 2.12. The molecule has 0 aromatic heterocycles. The zero-order chi connectivity index (χ0) is 10.4. The van der Waals surface area contributed by atoms with Crippen molar-refractivity contribution in [2.45, 2.75) is 38.7 Å². The largest absolute Gasteiger partial charge is 0.381 e. The molecule has 3 nitrogen and oxygen atoms in total. The first-order valence-corrected chi connectivity index (χ1v) is 5.53. The summed E-state index contributed by atoms with van der Waals surface area (Å²) in [5.41, 5.74) is 0. The number of hydrogen-bond donors (Lipinski definition) is 0. The fourth-order valence-corrected chi connectivity index (χ4v) is 1.91. The van der Waals surface area contributed by atoms with E-state index < -0.39 is 0 Å². The van der Waals surface area contributed by atoms with Crippen molar-refractivity contribution in [3.05, 3.63) is 0 Å². The molecule has 1 aliphatic rings. The number of carbonyl (C=O) groups is 1. The van der Waals surface area contributed by atoms with Gasteiger partial charge in [0.1, 0.15) is 5.78 Å². The van der Waals surface area contributed by atoms with E-state index in [1.807, 2.05) is 0 Å².